The van der Waals surface area contributed by atoms with Crippen molar-refractivity contribution in [3.8, 4) is 5.75 Å². The molecule has 5 nitrogen and oxygen atoms in total. The summed E-state index contributed by atoms with van der Waals surface area (Å²) in [7, 11) is -1.35. The fourth-order valence-electron chi connectivity index (χ4n) is 2.05. The van der Waals surface area contributed by atoms with E-state index in [1.807, 2.05) is 25.1 Å². The lowest BCUT2D eigenvalue weighted by Gasteiger charge is -2.34. The Balaban J connectivity index is 1.92. The summed E-state index contributed by atoms with van der Waals surface area (Å²) in [6.07, 6.45) is 1.66. The molecule has 1 aromatic carbocycles. The molecule has 0 atom stereocenters. The maximum absolute atomic E-state index is 10.6. The Hall–Kier alpha value is -1.16. The van der Waals surface area contributed by atoms with Crippen molar-refractivity contribution in [2.75, 3.05) is 13.2 Å². The van der Waals surface area contributed by atoms with Crippen LogP contribution >= 0.6 is 8.60 Å². The zero-order chi connectivity index (χ0) is 16.2. The molecule has 0 unspecified atom stereocenters. The van der Waals surface area contributed by atoms with Crippen LogP contribution in [0.4, 0.5) is 0 Å². The first-order chi connectivity index (χ1) is 10.4. The van der Waals surface area contributed by atoms with Crippen molar-refractivity contribution < 1.29 is 23.5 Å². The van der Waals surface area contributed by atoms with Gasteiger partial charge in [0.05, 0.1) is 13.2 Å². The predicted octanol–water partition coefficient (Wildman–Crippen LogP) is 4.08. The molecule has 1 aromatic rings. The van der Waals surface area contributed by atoms with E-state index >= 15 is 0 Å². The molecule has 0 radical (unpaired) electrons. The van der Waals surface area contributed by atoms with Crippen LogP contribution in [0.2, 0.25) is 0 Å². The summed E-state index contributed by atoms with van der Waals surface area (Å²) < 4.78 is 17.2. The average molecular weight is 326 g/mol. The van der Waals surface area contributed by atoms with Crippen molar-refractivity contribution >= 4 is 14.6 Å². The number of aryl methyl sites for hydroxylation is 2. The van der Waals surface area contributed by atoms with E-state index < -0.39 is 14.6 Å². The van der Waals surface area contributed by atoms with Crippen LogP contribution in [0.25, 0.3) is 0 Å². The monoisotopic (exact) mass is 326 g/mol. The highest BCUT2D eigenvalue weighted by atomic mass is 31.2. The van der Waals surface area contributed by atoms with E-state index in [0.29, 0.717) is 19.6 Å². The Bertz CT molecular complexity index is 523. The minimum Gasteiger partial charge on any atom is -0.481 e. The zero-order valence-electron chi connectivity index (χ0n) is 13.3. The van der Waals surface area contributed by atoms with Gasteiger partial charge in [0.1, 0.15) is 5.75 Å². The maximum Gasteiger partial charge on any atom is 0.397 e. The lowest BCUT2D eigenvalue weighted by atomic mass is 9.90. The van der Waals surface area contributed by atoms with Gasteiger partial charge in [-0.25, -0.2) is 0 Å². The second-order valence-corrected chi connectivity index (χ2v) is 7.17. The van der Waals surface area contributed by atoms with Gasteiger partial charge in [-0.2, -0.15) is 0 Å². The molecule has 0 aromatic heterocycles. The van der Waals surface area contributed by atoms with E-state index in [1.54, 1.807) is 0 Å². The SMILES string of the molecule is CCC1(C)COP(Oc2ccc(CCC(=O)O)cc2C)OC1. The van der Waals surface area contributed by atoms with Gasteiger partial charge in [-0.15, -0.1) is 0 Å². The Morgan fingerprint density at radius 3 is 2.64 bits per heavy atom. The zero-order valence-corrected chi connectivity index (χ0v) is 14.2. The van der Waals surface area contributed by atoms with Crippen LogP contribution < -0.4 is 4.52 Å². The second kappa shape index (κ2) is 7.40. The van der Waals surface area contributed by atoms with Crippen LogP contribution in [0.3, 0.4) is 0 Å². The minimum atomic E-state index is -1.35. The number of rotatable bonds is 6. The summed E-state index contributed by atoms with van der Waals surface area (Å²) in [5, 5.41) is 8.72. The van der Waals surface area contributed by atoms with Crippen LogP contribution in [0, 0.1) is 12.3 Å². The molecule has 1 aliphatic rings. The third-order valence-corrected chi connectivity index (χ3v) is 4.96. The van der Waals surface area contributed by atoms with Crippen LogP contribution in [-0.4, -0.2) is 24.3 Å². The molecule has 0 aliphatic carbocycles. The standard InChI is InChI=1S/C16H23O5P/c1-4-16(3)10-19-22(20-11-16)21-14-7-5-13(9-12(14)2)6-8-15(17)18/h5,7,9H,4,6,8,10-11H2,1-3H3,(H,17,18). The first-order valence-electron chi connectivity index (χ1n) is 7.47. The van der Waals surface area contributed by atoms with Gasteiger partial charge in [-0.3, -0.25) is 4.79 Å². The molecule has 2 rings (SSSR count). The van der Waals surface area contributed by atoms with Crippen molar-refractivity contribution in [3.63, 3.8) is 0 Å². The van der Waals surface area contributed by atoms with Gasteiger partial charge in [0.25, 0.3) is 0 Å². The van der Waals surface area contributed by atoms with Gasteiger partial charge in [0.2, 0.25) is 0 Å². The third-order valence-electron chi connectivity index (χ3n) is 3.93. The highest BCUT2D eigenvalue weighted by Crippen LogP contribution is 2.48. The smallest absolute Gasteiger partial charge is 0.397 e. The number of aliphatic carboxylic acids is 1. The second-order valence-electron chi connectivity index (χ2n) is 6.02. The van der Waals surface area contributed by atoms with Crippen molar-refractivity contribution in [3.05, 3.63) is 29.3 Å². The van der Waals surface area contributed by atoms with Crippen molar-refractivity contribution in [1.82, 2.24) is 0 Å². The molecule has 6 heteroatoms. The van der Waals surface area contributed by atoms with E-state index in [9.17, 15) is 4.79 Å². The number of benzene rings is 1. The predicted molar refractivity (Wildman–Crippen MR) is 85.0 cm³/mol. The number of carbonyl (C=O) groups is 1. The Morgan fingerprint density at radius 1 is 1.41 bits per heavy atom. The van der Waals surface area contributed by atoms with E-state index in [-0.39, 0.29) is 11.8 Å². The van der Waals surface area contributed by atoms with Crippen LogP contribution in [0.5, 0.6) is 5.75 Å². The van der Waals surface area contributed by atoms with Gasteiger partial charge in [-0.05, 0) is 37.0 Å². The first kappa shape index (κ1) is 17.2. The maximum atomic E-state index is 10.6. The van der Waals surface area contributed by atoms with Gasteiger partial charge in [-0.1, -0.05) is 26.0 Å². The molecule has 1 heterocycles. The molecule has 0 saturated carbocycles. The highest BCUT2D eigenvalue weighted by Gasteiger charge is 2.33. The molecule has 1 aliphatic heterocycles. The fraction of sp³-hybridized carbons (Fsp3) is 0.562. The number of carboxylic acid groups (broad SMARTS) is 1. The van der Waals surface area contributed by atoms with Crippen molar-refractivity contribution in [2.45, 2.75) is 40.0 Å². The first-order valence-corrected chi connectivity index (χ1v) is 8.57. The van der Waals surface area contributed by atoms with Gasteiger partial charge in [0.15, 0.2) is 0 Å². The lowest BCUT2D eigenvalue weighted by molar-refractivity contribution is -0.136. The van der Waals surface area contributed by atoms with E-state index in [4.69, 9.17) is 18.7 Å². The average Bonchev–Trinajstić information content (AvgIpc) is 2.50. The number of hydrogen-bond acceptors (Lipinski definition) is 4. The summed E-state index contributed by atoms with van der Waals surface area (Å²) in [4.78, 5) is 10.6. The third kappa shape index (κ3) is 4.67. The fourth-order valence-corrected chi connectivity index (χ4v) is 3.43. The van der Waals surface area contributed by atoms with Crippen LogP contribution in [0.15, 0.2) is 18.2 Å². The largest absolute Gasteiger partial charge is 0.481 e. The van der Waals surface area contributed by atoms with Gasteiger partial charge < -0.3 is 18.7 Å². The Labute approximate surface area is 132 Å². The van der Waals surface area contributed by atoms with Gasteiger partial charge in [0, 0.05) is 11.8 Å². The molecule has 1 saturated heterocycles. The molecule has 1 fully saturated rings. The Morgan fingerprint density at radius 2 is 2.09 bits per heavy atom. The van der Waals surface area contributed by atoms with Crippen LogP contribution in [0.1, 0.15) is 37.8 Å². The van der Waals surface area contributed by atoms with Gasteiger partial charge >= 0.3 is 14.6 Å². The topological polar surface area (TPSA) is 65.0 Å². The summed E-state index contributed by atoms with van der Waals surface area (Å²) in [5.74, 6) is -0.0605. The van der Waals surface area contributed by atoms with Crippen LogP contribution in [-0.2, 0) is 20.3 Å². The van der Waals surface area contributed by atoms with E-state index in [0.717, 1.165) is 23.3 Å². The molecular weight excluding hydrogens is 303 g/mol. The highest BCUT2D eigenvalue weighted by molar-refractivity contribution is 7.42. The molecule has 0 spiro atoms. The minimum absolute atomic E-state index is 0.0674. The normalized spacial score (nSPS) is 25.0. The van der Waals surface area contributed by atoms with Crippen molar-refractivity contribution in [1.29, 1.82) is 0 Å². The van der Waals surface area contributed by atoms with Crippen molar-refractivity contribution in [2.24, 2.45) is 5.41 Å². The number of hydrogen-bond donors (Lipinski definition) is 1. The number of carboxylic acids is 1. The Kier molecular flexibility index (Phi) is 5.79. The van der Waals surface area contributed by atoms with E-state index in [2.05, 4.69) is 13.8 Å². The quantitative estimate of drug-likeness (QED) is 0.798. The summed E-state index contributed by atoms with van der Waals surface area (Å²) >= 11 is 0. The molecule has 1 N–H and O–H groups in total. The van der Waals surface area contributed by atoms with E-state index in [1.165, 1.54) is 0 Å². The molecule has 22 heavy (non-hydrogen) atoms. The summed E-state index contributed by atoms with van der Waals surface area (Å²) in [6, 6.07) is 5.70. The molecule has 0 bridgehead atoms. The molecular formula is C16H23O5P. The lowest BCUT2D eigenvalue weighted by Crippen LogP contribution is -2.31. The summed E-state index contributed by atoms with van der Waals surface area (Å²) in [6.45, 7) is 7.49. The molecule has 122 valence electrons. The molecule has 0 amide bonds. The summed E-state index contributed by atoms with van der Waals surface area (Å²) in [5.41, 5.74) is 2.02.